The summed E-state index contributed by atoms with van der Waals surface area (Å²) >= 11 is 0. The third-order valence-corrected chi connectivity index (χ3v) is 2.62. The summed E-state index contributed by atoms with van der Waals surface area (Å²) in [4.78, 5) is 4.01. The summed E-state index contributed by atoms with van der Waals surface area (Å²) in [6.45, 7) is 2.86. The van der Waals surface area contributed by atoms with Crippen molar-refractivity contribution < 1.29 is 0 Å². The molecule has 3 nitrogen and oxygen atoms in total. The van der Waals surface area contributed by atoms with Gasteiger partial charge in [-0.1, -0.05) is 24.3 Å². The van der Waals surface area contributed by atoms with Crippen molar-refractivity contribution in [3.05, 3.63) is 59.4 Å². The number of benzene rings is 1. The Bertz CT molecular complexity index is 538. The van der Waals surface area contributed by atoms with Crippen LogP contribution in [0.15, 0.2) is 42.6 Å². The maximum atomic E-state index is 8.64. The van der Waals surface area contributed by atoms with Gasteiger partial charge in [-0.05, 0) is 30.2 Å². The maximum absolute atomic E-state index is 8.64. The molecule has 2 rings (SSSR count). The highest BCUT2D eigenvalue weighted by Gasteiger charge is 1.98. The molecule has 0 saturated heterocycles. The molecule has 0 aliphatic rings. The Hall–Kier alpha value is -2.34. The van der Waals surface area contributed by atoms with Crippen molar-refractivity contribution in [1.82, 2.24) is 4.98 Å². The van der Waals surface area contributed by atoms with Gasteiger partial charge in [0.1, 0.15) is 11.8 Å². The molecule has 0 radical (unpaired) electrons. The van der Waals surface area contributed by atoms with Crippen molar-refractivity contribution in [2.45, 2.75) is 13.5 Å². The van der Waals surface area contributed by atoms with Crippen LogP contribution >= 0.6 is 0 Å². The van der Waals surface area contributed by atoms with Gasteiger partial charge in [-0.2, -0.15) is 5.26 Å². The van der Waals surface area contributed by atoms with Crippen LogP contribution in [0.25, 0.3) is 0 Å². The first-order valence-electron chi connectivity index (χ1n) is 5.44. The van der Waals surface area contributed by atoms with E-state index >= 15 is 0 Å². The van der Waals surface area contributed by atoms with E-state index in [1.54, 1.807) is 12.3 Å². The number of pyridine rings is 1. The average molecular weight is 223 g/mol. The smallest absolute Gasteiger partial charge is 0.140 e. The molecule has 84 valence electrons. The highest BCUT2D eigenvalue weighted by atomic mass is 14.9. The lowest BCUT2D eigenvalue weighted by Crippen LogP contribution is -2.01. The standard InChI is InChI=1S/C14H13N3/c1-11-4-2-3-5-12(11)9-16-14-7-6-13(8-15)17-10-14/h2-7,10,16H,9H2,1H3. The summed E-state index contributed by atoms with van der Waals surface area (Å²) in [7, 11) is 0. The minimum atomic E-state index is 0.437. The molecule has 0 aliphatic heterocycles. The Morgan fingerprint density at radius 1 is 1.24 bits per heavy atom. The van der Waals surface area contributed by atoms with Crippen molar-refractivity contribution in [2.24, 2.45) is 0 Å². The van der Waals surface area contributed by atoms with Crippen LogP contribution in [0, 0.1) is 18.3 Å². The summed E-state index contributed by atoms with van der Waals surface area (Å²) in [5, 5.41) is 11.9. The molecule has 1 heterocycles. The highest BCUT2D eigenvalue weighted by molar-refractivity contribution is 5.43. The van der Waals surface area contributed by atoms with E-state index in [1.807, 2.05) is 24.3 Å². The maximum Gasteiger partial charge on any atom is 0.140 e. The number of anilines is 1. The summed E-state index contributed by atoms with van der Waals surface area (Å²) in [6, 6.07) is 13.8. The van der Waals surface area contributed by atoms with Crippen LogP contribution in [0.2, 0.25) is 0 Å². The molecular formula is C14H13N3. The molecule has 0 unspecified atom stereocenters. The van der Waals surface area contributed by atoms with E-state index < -0.39 is 0 Å². The van der Waals surface area contributed by atoms with Crippen LogP contribution in [0.3, 0.4) is 0 Å². The van der Waals surface area contributed by atoms with Crippen LogP contribution < -0.4 is 5.32 Å². The third-order valence-electron chi connectivity index (χ3n) is 2.62. The monoisotopic (exact) mass is 223 g/mol. The highest BCUT2D eigenvalue weighted by Crippen LogP contribution is 2.11. The number of aryl methyl sites for hydroxylation is 1. The van der Waals surface area contributed by atoms with Gasteiger partial charge >= 0.3 is 0 Å². The van der Waals surface area contributed by atoms with E-state index in [1.165, 1.54) is 11.1 Å². The van der Waals surface area contributed by atoms with Crippen LogP contribution in [-0.2, 0) is 6.54 Å². The molecule has 3 heteroatoms. The summed E-state index contributed by atoms with van der Waals surface area (Å²) < 4.78 is 0. The average Bonchev–Trinajstić information content (AvgIpc) is 2.38. The molecule has 1 aromatic carbocycles. The number of nitriles is 1. The van der Waals surface area contributed by atoms with Crippen molar-refractivity contribution in [3.8, 4) is 6.07 Å². The molecule has 0 atom stereocenters. The molecule has 0 saturated carbocycles. The van der Waals surface area contributed by atoms with E-state index in [2.05, 4.69) is 29.4 Å². The lowest BCUT2D eigenvalue weighted by atomic mass is 10.1. The minimum Gasteiger partial charge on any atom is -0.380 e. The summed E-state index contributed by atoms with van der Waals surface area (Å²) in [5.74, 6) is 0. The zero-order valence-corrected chi connectivity index (χ0v) is 9.64. The fraction of sp³-hybridized carbons (Fsp3) is 0.143. The van der Waals surface area contributed by atoms with Crippen LogP contribution in [0.1, 0.15) is 16.8 Å². The fourth-order valence-corrected chi connectivity index (χ4v) is 1.57. The first kappa shape index (κ1) is 11.2. The van der Waals surface area contributed by atoms with Gasteiger partial charge in [0.25, 0.3) is 0 Å². The van der Waals surface area contributed by atoms with Crippen LogP contribution in [0.5, 0.6) is 0 Å². The summed E-state index contributed by atoms with van der Waals surface area (Å²) in [5.41, 5.74) is 3.89. The van der Waals surface area contributed by atoms with E-state index in [-0.39, 0.29) is 0 Å². The Morgan fingerprint density at radius 2 is 2.06 bits per heavy atom. The number of aromatic nitrogens is 1. The predicted octanol–water partition coefficient (Wildman–Crippen LogP) is 2.87. The Labute approximate surface area is 101 Å². The second kappa shape index (κ2) is 5.13. The van der Waals surface area contributed by atoms with Gasteiger partial charge in [0.15, 0.2) is 0 Å². The van der Waals surface area contributed by atoms with Crippen molar-refractivity contribution in [2.75, 3.05) is 5.32 Å². The van der Waals surface area contributed by atoms with Gasteiger partial charge in [-0.15, -0.1) is 0 Å². The number of nitrogens with zero attached hydrogens (tertiary/aromatic N) is 2. The lowest BCUT2D eigenvalue weighted by molar-refractivity contribution is 1.11. The number of rotatable bonds is 3. The van der Waals surface area contributed by atoms with Gasteiger partial charge < -0.3 is 5.32 Å². The zero-order valence-electron chi connectivity index (χ0n) is 9.64. The Balaban J connectivity index is 2.03. The molecule has 0 aliphatic carbocycles. The van der Waals surface area contributed by atoms with Crippen LogP contribution in [0.4, 0.5) is 5.69 Å². The molecule has 0 spiro atoms. The topological polar surface area (TPSA) is 48.7 Å². The summed E-state index contributed by atoms with van der Waals surface area (Å²) in [6.07, 6.45) is 1.68. The third kappa shape index (κ3) is 2.82. The minimum absolute atomic E-state index is 0.437. The van der Waals surface area contributed by atoms with Gasteiger partial charge in [-0.25, -0.2) is 4.98 Å². The van der Waals surface area contributed by atoms with Crippen LogP contribution in [-0.4, -0.2) is 4.98 Å². The van der Waals surface area contributed by atoms with Crippen molar-refractivity contribution >= 4 is 5.69 Å². The molecule has 0 amide bonds. The second-order valence-corrected chi connectivity index (χ2v) is 3.82. The Kier molecular flexibility index (Phi) is 3.37. The molecule has 0 fully saturated rings. The van der Waals surface area contributed by atoms with Gasteiger partial charge in [0.05, 0.1) is 11.9 Å². The zero-order chi connectivity index (χ0) is 12.1. The Morgan fingerprint density at radius 3 is 2.71 bits per heavy atom. The van der Waals surface area contributed by atoms with Crippen molar-refractivity contribution in [1.29, 1.82) is 5.26 Å². The first-order valence-corrected chi connectivity index (χ1v) is 5.44. The molecule has 1 aromatic heterocycles. The molecular weight excluding hydrogens is 210 g/mol. The second-order valence-electron chi connectivity index (χ2n) is 3.82. The fourth-order valence-electron chi connectivity index (χ4n) is 1.57. The quantitative estimate of drug-likeness (QED) is 0.870. The van der Waals surface area contributed by atoms with Gasteiger partial charge in [0.2, 0.25) is 0 Å². The SMILES string of the molecule is Cc1ccccc1CNc1ccc(C#N)nc1. The van der Waals surface area contributed by atoms with E-state index in [9.17, 15) is 0 Å². The van der Waals surface area contributed by atoms with Gasteiger partial charge in [0, 0.05) is 6.54 Å². The van der Waals surface area contributed by atoms with E-state index in [4.69, 9.17) is 5.26 Å². The molecule has 2 aromatic rings. The molecule has 0 bridgehead atoms. The lowest BCUT2D eigenvalue weighted by Gasteiger charge is -2.08. The molecule has 17 heavy (non-hydrogen) atoms. The number of nitrogens with one attached hydrogen (secondary N) is 1. The molecule has 1 N–H and O–H groups in total. The van der Waals surface area contributed by atoms with Crippen molar-refractivity contribution in [3.63, 3.8) is 0 Å². The first-order chi connectivity index (χ1) is 8.29. The van der Waals surface area contributed by atoms with Gasteiger partial charge in [-0.3, -0.25) is 0 Å². The van der Waals surface area contributed by atoms with E-state index in [0.29, 0.717) is 5.69 Å². The largest absolute Gasteiger partial charge is 0.380 e. The number of hydrogen-bond donors (Lipinski definition) is 1. The van der Waals surface area contributed by atoms with E-state index in [0.717, 1.165) is 12.2 Å². The normalized spacial score (nSPS) is 9.65. The predicted molar refractivity (Wildman–Crippen MR) is 67.5 cm³/mol. The number of hydrogen-bond acceptors (Lipinski definition) is 3.